The van der Waals surface area contributed by atoms with Gasteiger partial charge >= 0.3 is 0 Å². The van der Waals surface area contributed by atoms with Crippen LogP contribution in [0.15, 0.2) is 36.4 Å². The molecular formula is C13H12ClFN2. The first-order chi connectivity index (χ1) is 8.08. The topological polar surface area (TPSA) is 38.0 Å². The second-order valence-corrected chi connectivity index (χ2v) is 4.20. The monoisotopic (exact) mass is 250 g/mol. The molecule has 0 aliphatic rings. The molecule has 2 rings (SSSR count). The van der Waals surface area contributed by atoms with Crippen LogP contribution >= 0.6 is 11.6 Å². The number of aryl methyl sites for hydroxylation is 1. The highest BCUT2D eigenvalue weighted by Crippen LogP contribution is 2.31. The average Bonchev–Trinajstić information content (AvgIpc) is 2.28. The minimum Gasteiger partial charge on any atom is -0.397 e. The van der Waals surface area contributed by atoms with Gasteiger partial charge in [0.15, 0.2) is 0 Å². The van der Waals surface area contributed by atoms with E-state index in [1.807, 2.05) is 0 Å². The third kappa shape index (κ3) is 2.50. The first kappa shape index (κ1) is 11.7. The van der Waals surface area contributed by atoms with E-state index in [0.717, 1.165) is 0 Å². The lowest BCUT2D eigenvalue weighted by molar-refractivity contribution is 0.619. The van der Waals surface area contributed by atoms with Crippen molar-refractivity contribution >= 4 is 28.7 Å². The fourth-order valence-electron chi connectivity index (χ4n) is 1.49. The lowest BCUT2D eigenvalue weighted by atomic mass is 10.2. The van der Waals surface area contributed by atoms with E-state index in [-0.39, 0.29) is 5.82 Å². The number of anilines is 3. The highest BCUT2D eigenvalue weighted by atomic mass is 35.5. The summed E-state index contributed by atoms with van der Waals surface area (Å²) in [6, 6.07) is 10.1. The third-order valence-electron chi connectivity index (χ3n) is 2.49. The lowest BCUT2D eigenvalue weighted by Gasteiger charge is -2.11. The van der Waals surface area contributed by atoms with Crippen molar-refractivity contribution in [3.63, 3.8) is 0 Å². The summed E-state index contributed by atoms with van der Waals surface area (Å²) in [5, 5.41) is 3.52. The average molecular weight is 251 g/mol. The van der Waals surface area contributed by atoms with Gasteiger partial charge in [-0.3, -0.25) is 0 Å². The maximum atomic E-state index is 13.4. The summed E-state index contributed by atoms with van der Waals surface area (Å²) in [4.78, 5) is 0. The molecule has 0 radical (unpaired) electrons. The molecule has 0 aliphatic carbocycles. The van der Waals surface area contributed by atoms with Crippen LogP contribution in [0.1, 0.15) is 5.56 Å². The zero-order valence-corrected chi connectivity index (χ0v) is 10.1. The van der Waals surface area contributed by atoms with E-state index in [1.165, 1.54) is 6.07 Å². The second kappa shape index (κ2) is 4.63. The SMILES string of the molecule is Cc1ccc(Nc2c(N)cccc2Cl)cc1F. The Morgan fingerprint density at radius 1 is 1.24 bits per heavy atom. The van der Waals surface area contributed by atoms with Crippen LogP contribution < -0.4 is 11.1 Å². The van der Waals surface area contributed by atoms with E-state index in [0.29, 0.717) is 27.6 Å². The number of nitrogens with one attached hydrogen (secondary N) is 1. The van der Waals surface area contributed by atoms with Gasteiger partial charge in [-0.15, -0.1) is 0 Å². The molecule has 2 aromatic carbocycles. The molecule has 17 heavy (non-hydrogen) atoms. The third-order valence-corrected chi connectivity index (χ3v) is 2.80. The quantitative estimate of drug-likeness (QED) is 0.787. The summed E-state index contributed by atoms with van der Waals surface area (Å²) in [6.45, 7) is 1.71. The molecule has 0 aliphatic heterocycles. The Kier molecular flexibility index (Phi) is 3.20. The van der Waals surface area contributed by atoms with Crippen LogP contribution in [-0.2, 0) is 0 Å². The molecule has 4 heteroatoms. The number of hydrogen-bond donors (Lipinski definition) is 2. The maximum absolute atomic E-state index is 13.4. The Morgan fingerprint density at radius 2 is 2.00 bits per heavy atom. The van der Waals surface area contributed by atoms with Crippen molar-refractivity contribution in [1.29, 1.82) is 0 Å². The highest BCUT2D eigenvalue weighted by Gasteiger charge is 2.05. The normalized spacial score (nSPS) is 10.3. The summed E-state index contributed by atoms with van der Waals surface area (Å²) in [6.07, 6.45) is 0. The van der Waals surface area contributed by atoms with Gasteiger partial charge in [0.2, 0.25) is 0 Å². The molecule has 2 aromatic rings. The van der Waals surface area contributed by atoms with Gasteiger partial charge < -0.3 is 11.1 Å². The van der Waals surface area contributed by atoms with Crippen molar-refractivity contribution in [3.05, 3.63) is 52.8 Å². The number of rotatable bonds is 2. The molecule has 0 bridgehead atoms. The molecule has 0 saturated heterocycles. The molecule has 0 unspecified atom stereocenters. The first-order valence-electron chi connectivity index (χ1n) is 5.15. The van der Waals surface area contributed by atoms with Gasteiger partial charge in [-0.05, 0) is 36.8 Å². The molecule has 0 spiro atoms. The van der Waals surface area contributed by atoms with Crippen molar-refractivity contribution in [3.8, 4) is 0 Å². The van der Waals surface area contributed by atoms with Gasteiger partial charge in [0.25, 0.3) is 0 Å². The van der Waals surface area contributed by atoms with Crippen LogP contribution in [0.4, 0.5) is 21.5 Å². The van der Waals surface area contributed by atoms with Gasteiger partial charge in [-0.1, -0.05) is 23.7 Å². The zero-order chi connectivity index (χ0) is 12.4. The highest BCUT2D eigenvalue weighted by molar-refractivity contribution is 6.34. The van der Waals surface area contributed by atoms with E-state index in [1.54, 1.807) is 37.3 Å². The van der Waals surface area contributed by atoms with Crippen molar-refractivity contribution in [2.45, 2.75) is 6.92 Å². The Morgan fingerprint density at radius 3 is 2.65 bits per heavy atom. The first-order valence-corrected chi connectivity index (χ1v) is 5.53. The van der Waals surface area contributed by atoms with Crippen molar-refractivity contribution < 1.29 is 4.39 Å². The number of benzene rings is 2. The van der Waals surface area contributed by atoms with Gasteiger partial charge in [-0.2, -0.15) is 0 Å². The predicted molar refractivity (Wildman–Crippen MR) is 70.3 cm³/mol. The van der Waals surface area contributed by atoms with E-state index >= 15 is 0 Å². The fourth-order valence-corrected chi connectivity index (χ4v) is 1.72. The molecule has 2 nitrogen and oxygen atoms in total. The summed E-state index contributed by atoms with van der Waals surface area (Å²) in [5.74, 6) is -0.263. The van der Waals surface area contributed by atoms with Gasteiger partial charge in [0.05, 0.1) is 16.4 Å². The predicted octanol–water partition coefficient (Wildman–Crippen LogP) is 4.11. The summed E-state index contributed by atoms with van der Waals surface area (Å²) in [7, 11) is 0. The Labute approximate surface area is 104 Å². The second-order valence-electron chi connectivity index (χ2n) is 3.79. The van der Waals surface area contributed by atoms with E-state index in [4.69, 9.17) is 17.3 Å². The van der Waals surface area contributed by atoms with Crippen LogP contribution in [0, 0.1) is 12.7 Å². The Balaban J connectivity index is 2.35. The summed E-state index contributed by atoms with van der Waals surface area (Å²) < 4.78 is 13.4. The number of nitrogen functional groups attached to an aromatic ring is 1. The molecular weight excluding hydrogens is 239 g/mol. The number of hydrogen-bond acceptors (Lipinski definition) is 2. The van der Waals surface area contributed by atoms with Crippen molar-refractivity contribution in [1.82, 2.24) is 0 Å². The maximum Gasteiger partial charge on any atom is 0.128 e. The number of halogens is 2. The van der Waals surface area contributed by atoms with Crippen molar-refractivity contribution in [2.75, 3.05) is 11.1 Å². The molecule has 0 fully saturated rings. The van der Waals surface area contributed by atoms with Crippen LogP contribution in [0.25, 0.3) is 0 Å². The minimum absolute atomic E-state index is 0.263. The van der Waals surface area contributed by atoms with Crippen LogP contribution in [-0.4, -0.2) is 0 Å². The van der Waals surface area contributed by atoms with Crippen LogP contribution in [0.2, 0.25) is 5.02 Å². The molecule has 0 atom stereocenters. The van der Waals surface area contributed by atoms with Gasteiger partial charge in [-0.25, -0.2) is 4.39 Å². The van der Waals surface area contributed by atoms with Crippen LogP contribution in [0.3, 0.4) is 0 Å². The van der Waals surface area contributed by atoms with Crippen molar-refractivity contribution in [2.24, 2.45) is 0 Å². The largest absolute Gasteiger partial charge is 0.397 e. The lowest BCUT2D eigenvalue weighted by Crippen LogP contribution is -1.97. The van der Waals surface area contributed by atoms with E-state index < -0.39 is 0 Å². The van der Waals surface area contributed by atoms with Gasteiger partial charge in [0.1, 0.15) is 5.82 Å². The summed E-state index contributed by atoms with van der Waals surface area (Å²) >= 11 is 6.01. The molecule has 88 valence electrons. The molecule has 0 heterocycles. The summed E-state index contributed by atoms with van der Waals surface area (Å²) in [5.41, 5.74) is 8.14. The standard InChI is InChI=1S/C13H12ClFN2/c1-8-5-6-9(7-11(8)15)17-13-10(14)3-2-4-12(13)16/h2-7,17H,16H2,1H3. The van der Waals surface area contributed by atoms with E-state index in [9.17, 15) is 4.39 Å². The number of nitrogens with two attached hydrogens (primary N) is 1. The zero-order valence-electron chi connectivity index (χ0n) is 9.30. The van der Waals surface area contributed by atoms with Gasteiger partial charge in [0, 0.05) is 5.69 Å². The Bertz CT molecular complexity index is 535. The smallest absolute Gasteiger partial charge is 0.128 e. The number of para-hydroxylation sites is 1. The molecule has 0 amide bonds. The minimum atomic E-state index is -0.263. The molecule has 0 aromatic heterocycles. The Hall–Kier alpha value is -1.74. The van der Waals surface area contributed by atoms with Crippen LogP contribution in [0.5, 0.6) is 0 Å². The fraction of sp³-hybridized carbons (Fsp3) is 0.0769. The van der Waals surface area contributed by atoms with E-state index in [2.05, 4.69) is 5.32 Å². The molecule has 0 saturated carbocycles. The molecule has 3 N–H and O–H groups in total.